The lowest BCUT2D eigenvalue weighted by molar-refractivity contribution is -0.128. The molecule has 0 saturated carbocycles. The number of hydrogen-bond donors (Lipinski definition) is 0. The summed E-state index contributed by atoms with van der Waals surface area (Å²) in [6.45, 7) is 2.56. The molecule has 0 N–H and O–H groups in total. The molecule has 0 bridgehead atoms. The number of carbonyl (C=O) groups excluding carboxylic acids is 1. The fourth-order valence-corrected chi connectivity index (χ4v) is 2.29. The Hall–Kier alpha value is -3.52. The van der Waals surface area contributed by atoms with E-state index in [1.807, 2.05) is 55.5 Å². The van der Waals surface area contributed by atoms with Crippen LogP contribution in [0.2, 0.25) is 0 Å². The predicted molar refractivity (Wildman–Crippen MR) is 98.0 cm³/mol. The maximum absolute atomic E-state index is 11.8. The first kappa shape index (κ1) is 17.3. The number of esters is 1. The molecule has 0 unspecified atom stereocenters. The molecule has 130 valence electrons. The minimum absolute atomic E-state index is 0.363. The number of aromatic nitrogens is 2. The van der Waals surface area contributed by atoms with Gasteiger partial charge in [0.1, 0.15) is 5.75 Å². The fourth-order valence-electron chi connectivity index (χ4n) is 2.29. The Labute approximate surface area is 152 Å². The molecule has 26 heavy (non-hydrogen) atoms. The van der Waals surface area contributed by atoms with E-state index in [2.05, 4.69) is 16.9 Å². The molecule has 0 aliphatic carbocycles. The van der Waals surface area contributed by atoms with E-state index in [9.17, 15) is 4.79 Å². The Bertz CT molecular complexity index is 945. The standard InChI is InChI=1S/C21H18N2O3/c1-16-3-5-17(6-4-16)9-12-21(24)26-20-13-22-23(15-20)14-18-7-10-19(25-2)11-8-18/h3-8,10-11,13,15H,14H2,1-2H3. The number of hydrogen-bond acceptors (Lipinski definition) is 4. The fraction of sp³-hybridized carbons (Fsp3) is 0.143. The summed E-state index contributed by atoms with van der Waals surface area (Å²) in [5.41, 5.74) is 2.97. The first-order valence-electron chi connectivity index (χ1n) is 8.08. The number of rotatable bonds is 4. The monoisotopic (exact) mass is 346 g/mol. The van der Waals surface area contributed by atoms with Crippen molar-refractivity contribution in [3.63, 3.8) is 0 Å². The third-order valence-electron chi connectivity index (χ3n) is 3.68. The van der Waals surface area contributed by atoms with Gasteiger partial charge in [-0.25, -0.2) is 4.79 Å². The highest BCUT2D eigenvalue weighted by atomic mass is 16.5. The van der Waals surface area contributed by atoms with Gasteiger partial charge in [-0.15, -0.1) is 0 Å². The van der Waals surface area contributed by atoms with E-state index in [1.165, 1.54) is 6.20 Å². The molecule has 0 spiro atoms. The molecule has 1 heterocycles. The van der Waals surface area contributed by atoms with Gasteiger partial charge in [0.15, 0.2) is 5.75 Å². The van der Waals surface area contributed by atoms with Gasteiger partial charge in [-0.3, -0.25) is 4.68 Å². The lowest BCUT2D eigenvalue weighted by Crippen LogP contribution is -2.04. The summed E-state index contributed by atoms with van der Waals surface area (Å²) in [7, 11) is 1.63. The van der Waals surface area contributed by atoms with Gasteiger partial charge >= 0.3 is 5.97 Å². The Morgan fingerprint density at radius 3 is 2.50 bits per heavy atom. The number of nitrogens with zero attached hydrogens (tertiary/aromatic N) is 2. The Kier molecular flexibility index (Phi) is 5.35. The molecule has 0 atom stereocenters. The van der Waals surface area contributed by atoms with Crippen LogP contribution in [-0.2, 0) is 11.3 Å². The van der Waals surface area contributed by atoms with E-state index in [1.54, 1.807) is 18.0 Å². The number of methoxy groups -OCH3 is 1. The largest absolute Gasteiger partial charge is 0.497 e. The van der Waals surface area contributed by atoms with E-state index in [0.29, 0.717) is 12.3 Å². The van der Waals surface area contributed by atoms with Crippen molar-refractivity contribution in [2.75, 3.05) is 7.11 Å². The highest BCUT2D eigenvalue weighted by Crippen LogP contribution is 2.14. The van der Waals surface area contributed by atoms with Crippen molar-refractivity contribution in [3.05, 3.63) is 77.6 Å². The first-order chi connectivity index (χ1) is 12.6. The summed E-state index contributed by atoms with van der Waals surface area (Å²) in [4.78, 5) is 11.8. The summed E-state index contributed by atoms with van der Waals surface area (Å²) in [6.07, 6.45) is 3.16. The van der Waals surface area contributed by atoms with E-state index in [-0.39, 0.29) is 0 Å². The zero-order valence-electron chi connectivity index (χ0n) is 14.6. The van der Waals surface area contributed by atoms with Crippen LogP contribution in [0.4, 0.5) is 0 Å². The van der Waals surface area contributed by atoms with Crippen LogP contribution >= 0.6 is 0 Å². The van der Waals surface area contributed by atoms with Gasteiger partial charge in [-0.05, 0) is 36.8 Å². The Morgan fingerprint density at radius 2 is 1.81 bits per heavy atom. The molecule has 5 heteroatoms. The Morgan fingerprint density at radius 1 is 1.08 bits per heavy atom. The number of carbonyl (C=O) groups is 1. The maximum Gasteiger partial charge on any atom is 0.390 e. The van der Waals surface area contributed by atoms with Crippen LogP contribution < -0.4 is 9.47 Å². The van der Waals surface area contributed by atoms with E-state index >= 15 is 0 Å². The molecule has 0 fully saturated rings. The molecule has 2 aromatic carbocycles. The van der Waals surface area contributed by atoms with Crippen molar-refractivity contribution < 1.29 is 14.3 Å². The summed E-state index contributed by atoms with van der Waals surface area (Å²) < 4.78 is 12.0. The average molecular weight is 346 g/mol. The minimum atomic E-state index is -0.616. The second kappa shape index (κ2) is 8.04. The number of ether oxygens (including phenoxy) is 2. The van der Waals surface area contributed by atoms with E-state index in [0.717, 1.165) is 22.4 Å². The van der Waals surface area contributed by atoms with Crippen molar-refractivity contribution in [1.29, 1.82) is 0 Å². The van der Waals surface area contributed by atoms with Crippen molar-refractivity contribution in [3.8, 4) is 23.3 Å². The van der Waals surface area contributed by atoms with Gasteiger partial charge in [0.05, 0.1) is 26.0 Å². The predicted octanol–water partition coefficient (Wildman–Crippen LogP) is 3.21. The zero-order chi connectivity index (χ0) is 18.4. The van der Waals surface area contributed by atoms with Crippen molar-refractivity contribution in [2.45, 2.75) is 13.5 Å². The molecule has 1 aromatic heterocycles. The van der Waals surface area contributed by atoms with Crippen LogP contribution in [0.25, 0.3) is 0 Å². The zero-order valence-corrected chi connectivity index (χ0v) is 14.6. The molecule has 5 nitrogen and oxygen atoms in total. The quantitative estimate of drug-likeness (QED) is 0.538. The van der Waals surface area contributed by atoms with Gasteiger partial charge in [-0.1, -0.05) is 35.7 Å². The van der Waals surface area contributed by atoms with Crippen LogP contribution in [0, 0.1) is 18.8 Å². The van der Waals surface area contributed by atoms with E-state index in [4.69, 9.17) is 9.47 Å². The first-order valence-corrected chi connectivity index (χ1v) is 8.08. The molecule has 0 aliphatic rings. The van der Waals surface area contributed by atoms with Crippen LogP contribution in [0.15, 0.2) is 60.9 Å². The van der Waals surface area contributed by atoms with Gasteiger partial charge in [0.25, 0.3) is 0 Å². The van der Waals surface area contributed by atoms with Crippen molar-refractivity contribution in [1.82, 2.24) is 9.78 Å². The topological polar surface area (TPSA) is 53.4 Å². The molecular formula is C21H18N2O3. The van der Waals surface area contributed by atoms with Crippen LogP contribution in [-0.4, -0.2) is 22.9 Å². The van der Waals surface area contributed by atoms with Crippen molar-refractivity contribution >= 4 is 5.97 Å². The van der Waals surface area contributed by atoms with Gasteiger partial charge in [-0.2, -0.15) is 5.10 Å². The normalized spacial score (nSPS) is 9.92. The molecule has 0 aliphatic heterocycles. The van der Waals surface area contributed by atoms with Crippen LogP contribution in [0.3, 0.4) is 0 Å². The molecule has 0 amide bonds. The second-order valence-electron chi connectivity index (χ2n) is 5.73. The second-order valence-corrected chi connectivity index (χ2v) is 5.73. The SMILES string of the molecule is COc1ccc(Cn2cc(OC(=O)C#Cc3ccc(C)cc3)cn2)cc1. The van der Waals surface area contributed by atoms with Crippen LogP contribution in [0.1, 0.15) is 16.7 Å². The summed E-state index contributed by atoms with van der Waals surface area (Å²) in [5, 5.41) is 4.20. The summed E-state index contributed by atoms with van der Waals surface area (Å²) in [5.74, 6) is 5.81. The molecule has 3 aromatic rings. The molecule has 3 rings (SSSR count). The lowest BCUT2D eigenvalue weighted by Gasteiger charge is -2.03. The number of benzene rings is 2. The smallest absolute Gasteiger partial charge is 0.390 e. The summed E-state index contributed by atoms with van der Waals surface area (Å²) >= 11 is 0. The third-order valence-corrected chi connectivity index (χ3v) is 3.68. The van der Waals surface area contributed by atoms with Gasteiger partial charge < -0.3 is 9.47 Å². The van der Waals surface area contributed by atoms with E-state index < -0.39 is 5.97 Å². The lowest BCUT2D eigenvalue weighted by atomic mass is 10.2. The molecular weight excluding hydrogens is 328 g/mol. The number of aryl methyl sites for hydroxylation is 1. The molecule has 0 radical (unpaired) electrons. The third kappa shape index (κ3) is 4.74. The van der Waals surface area contributed by atoms with Gasteiger partial charge in [0.2, 0.25) is 0 Å². The van der Waals surface area contributed by atoms with Gasteiger partial charge in [0, 0.05) is 11.5 Å². The summed E-state index contributed by atoms with van der Waals surface area (Å²) in [6, 6.07) is 15.3. The van der Waals surface area contributed by atoms with Crippen molar-refractivity contribution in [2.24, 2.45) is 0 Å². The maximum atomic E-state index is 11.8. The minimum Gasteiger partial charge on any atom is -0.497 e. The Balaban J connectivity index is 1.59. The highest BCUT2D eigenvalue weighted by Gasteiger charge is 2.05. The average Bonchev–Trinajstić information content (AvgIpc) is 3.08. The van der Waals surface area contributed by atoms with Crippen LogP contribution in [0.5, 0.6) is 11.5 Å². The molecule has 0 saturated heterocycles. The highest BCUT2D eigenvalue weighted by molar-refractivity contribution is 5.90.